The fourth-order valence-corrected chi connectivity index (χ4v) is 3.70. The zero-order valence-electron chi connectivity index (χ0n) is 13.7. The molecule has 6 atom stereocenters. The number of hydrogen-bond donors (Lipinski definition) is 1. The van der Waals surface area contributed by atoms with Crippen LogP contribution < -0.4 is 56.7 Å². The molecule has 0 aromatic carbocycles. The molecule has 2 saturated heterocycles. The van der Waals surface area contributed by atoms with E-state index >= 15 is 0 Å². The monoisotopic (exact) mass is 348 g/mol. The van der Waals surface area contributed by atoms with Crippen LogP contribution in [0.1, 0.15) is 15.8 Å². The number of nitrogens with zero attached hydrogens (tertiary/aromatic N) is 1. The van der Waals surface area contributed by atoms with E-state index in [1.54, 1.807) is 6.92 Å². The Balaban J connectivity index is 0. The van der Waals surface area contributed by atoms with Crippen molar-refractivity contribution in [1.82, 2.24) is 10.2 Å². The summed E-state index contributed by atoms with van der Waals surface area (Å²) in [6, 6.07) is 0. The average Bonchev–Trinajstić information content (AvgIpc) is 3.07. The maximum atomic E-state index is 10.9. The van der Waals surface area contributed by atoms with E-state index in [1.165, 1.54) is 13.1 Å². The summed E-state index contributed by atoms with van der Waals surface area (Å²) in [5.41, 5.74) is 0. The Morgan fingerprint density at radius 1 is 1.09 bits per heavy atom. The molecule has 0 radical (unpaired) electrons. The number of hydrogen-bond acceptors (Lipinski definition) is 2. The number of piperidine rings is 2. The number of fused-ring (bicyclic) bond motifs is 2. The summed E-state index contributed by atoms with van der Waals surface area (Å²) in [6.45, 7) is 5.75. The van der Waals surface area contributed by atoms with Crippen molar-refractivity contribution in [2.24, 2.45) is 35.5 Å². The van der Waals surface area contributed by atoms with Crippen molar-refractivity contribution in [3.05, 3.63) is 0 Å². The molecule has 2 aliphatic heterocycles. The molecule has 22 heavy (non-hydrogen) atoms. The van der Waals surface area contributed by atoms with Crippen molar-refractivity contribution in [1.29, 1.82) is 0 Å². The van der Waals surface area contributed by atoms with Gasteiger partial charge in [-0.2, -0.15) is 0 Å². The van der Waals surface area contributed by atoms with Gasteiger partial charge in [-0.05, 0) is 36.8 Å². The van der Waals surface area contributed by atoms with Gasteiger partial charge in [0.15, 0.2) is 0 Å². The summed E-state index contributed by atoms with van der Waals surface area (Å²) in [5, 5.41) is 3.29. The topological polar surface area (TPSA) is 32.3 Å². The summed E-state index contributed by atoms with van der Waals surface area (Å²) in [7, 11) is 0. The van der Waals surface area contributed by atoms with Crippen LogP contribution in [0.4, 0.5) is 0 Å². The van der Waals surface area contributed by atoms with Crippen molar-refractivity contribution in [2.75, 3.05) is 26.2 Å². The van der Waals surface area contributed by atoms with E-state index in [2.05, 4.69) is 17.2 Å². The number of nitrogens with one attached hydrogen (secondary N) is 1. The second-order valence-electron chi connectivity index (χ2n) is 6.12. The van der Waals surface area contributed by atoms with Gasteiger partial charge in [-0.1, -0.05) is 7.43 Å². The molecule has 3 nitrogen and oxygen atoms in total. The Hall–Kier alpha value is 0.476. The first-order chi connectivity index (χ1) is 9.17. The molecule has 0 bridgehead atoms. The normalized spacial score (nSPS) is 38.0. The van der Waals surface area contributed by atoms with Crippen LogP contribution in [0.3, 0.4) is 0 Å². The SMILES string of the molecule is C.C#CC1[C@H]2CN(C(C)=O)C[C@@H]12.C#CC1[C@H]2CNC[C@@H]12.Cl.[H-].[K+]. The van der Waals surface area contributed by atoms with E-state index in [1.807, 2.05) is 4.90 Å². The van der Waals surface area contributed by atoms with Gasteiger partial charge in [0.2, 0.25) is 5.91 Å². The minimum absolute atomic E-state index is 0. The Bertz CT molecular complexity index is 468. The standard InChI is InChI=1S/C9H11NO.C7H9N.CH4.ClH.K.H/c1-3-7-8-4-10(6(2)11)5-9(7)8;1-2-5-6-3-8-4-7(5)6;;;;/h1,7-9H,4-5H2,2H3;1,5-8H,3-4H2;1H4;1H;;/q;;;;+1;-1/t7?,8-,9+;5?,6-,7+;;;;. The third kappa shape index (κ3) is 4.31. The first-order valence-corrected chi connectivity index (χ1v) is 7.05. The molecule has 1 amide bonds. The van der Waals surface area contributed by atoms with Gasteiger partial charge in [0.25, 0.3) is 0 Å². The van der Waals surface area contributed by atoms with Crippen molar-refractivity contribution >= 4 is 18.3 Å². The summed E-state index contributed by atoms with van der Waals surface area (Å²) in [5.74, 6) is 9.82. The fraction of sp³-hybridized carbons (Fsp3) is 0.706. The van der Waals surface area contributed by atoms with Crippen LogP contribution in [0.5, 0.6) is 0 Å². The van der Waals surface area contributed by atoms with Gasteiger partial charge in [-0.15, -0.1) is 37.1 Å². The Labute approximate surface area is 185 Å². The molecule has 2 saturated carbocycles. The zero-order valence-corrected chi connectivity index (χ0v) is 16.7. The molecular weight excluding hydrogens is 323 g/mol. The summed E-state index contributed by atoms with van der Waals surface area (Å²) in [6.07, 6.45) is 10.5. The Morgan fingerprint density at radius 2 is 1.50 bits per heavy atom. The van der Waals surface area contributed by atoms with Crippen LogP contribution in [-0.4, -0.2) is 37.0 Å². The molecular formula is C17H26ClKN2O. The van der Waals surface area contributed by atoms with E-state index in [4.69, 9.17) is 12.8 Å². The van der Waals surface area contributed by atoms with Crippen LogP contribution in [-0.2, 0) is 4.79 Å². The summed E-state index contributed by atoms with van der Waals surface area (Å²) < 4.78 is 0. The third-order valence-electron chi connectivity index (χ3n) is 5.12. The van der Waals surface area contributed by atoms with Crippen LogP contribution in [0.2, 0.25) is 0 Å². The van der Waals surface area contributed by atoms with Crippen molar-refractivity contribution in [2.45, 2.75) is 14.4 Å². The molecule has 4 fully saturated rings. The van der Waals surface area contributed by atoms with E-state index in [-0.39, 0.29) is 78.6 Å². The van der Waals surface area contributed by atoms with Gasteiger partial charge in [0, 0.05) is 31.8 Å². The molecule has 2 unspecified atom stereocenters. The quantitative estimate of drug-likeness (QED) is 0.431. The van der Waals surface area contributed by atoms with E-state index < -0.39 is 0 Å². The van der Waals surface area contributed by atoms with Crippen molar-refractivity contribution in [3.8, 4) is 24.7 Å². The molecule has 2 aliphatic carbocycles. The Kier molecular flexibility index (Phi) is 9.29. The molecule has 118 valence electrons. The fourth-order valence-electron chi connectivity index (χ4n) is 3.70. The first kappa shape index (κ1) is 22.5. The molecule has 0 aromatic heterocycles. The van der Waals surface area contributed by atoms with Crippen molar-refractivity contribution < 1.29 is 57.6 Å². The van der Waals surface area contributed by atoms with Crippen molar-refractivity contribution in [3.63, 3.8) is 0 Å². The van der Waals surface area contributed by atoms with E-state index in [9.17, 15) is 4.79 Å². The van der Waals surface area contributed by atoms with Crippen LogP contribution in [0.15, 0.2) is 0 Å². The number of carbonyl (C=O) groups is 1. The zero-order chi connectivity index (χ0) is 13.6. The van der Waals surface area contributed by atoms with Gasteiger partial charge >= 0.3 is 51.4 Å². The second kappa shape index (κ2) is 9.09. The van der Waals surface area contributed by atoms with Gasteiger partial charge in [-0.3, -0.25) is 4.79 Å². The predicted octanol–water partition coefficient (Wildman–Crippen LogP) is -1.40. The van der Waals surface area contributed by atoms with Gasteiger partial charge in [-0.25, -0.2) is 0 Å². The Morgan fingerprint density at radius 3 is 1.82 bits per heavy atom. The smallest absolute Gasteiger partial charge is 1.00 e. The number of amides is 1. The molecule has 2 heterocycles. The maximum Gasteiger partial charge on any atom is 1.00 e. The van der Waals surface area contributed by atoms with E-state index in [0.717, 1.165) is 24.9 Å². The van der Waals surface area contributed by atoms with E-state index in [0.29, 0.717) is 23.7 Å². The minimum atomic E-state index is 0. The molecule has 4 aliphatic rings. The maximum absolute atomic E-state index is 10.9. The molecule has 0 spiro atoms. The molecule has 0 aromatic rings. The number of carbonyl (C=O) groups excluding carboxylic acids is 1. The predicted molar refractivity (Wildman–Crippen MR) is 88.8 cm³/mol. The molecule has 1 N–H and O–H groups in total. The number of rotatable bonds is 0. The largest absolute Gasteiger partial charge is 1.00 e. The van der Waals surface area contributed by atoms with Gasteiger partial charge in [0.05, 0.1) is 0 Å². The minimum Gasteiger partial charge on any atom is -1.00 e. The average molecular weight is 349 g/mol. The molecule has 5 heteroatoms. The second-order valence-corrected chi connectivity index (χ2v) is 6.12. The van der Waals surface area contributed by atoms with Gasteiger partial charge < -0.3 is 11.6 Å². The molecule has 4 rings (SSSR count). The van der Waals surface area contributed by atoms with Crippen LogP contribution in [0.25, 0.3) is 0 Å². The number of terminal acetylenes is 2. The van der Waals surface area contributed by atoms with Crippen LogP contribution in [0, 0.1) is 60.2 Å². The summed E-state index contributed by atoms with van der Waals surface area (Å²) in [4.78, 5) is 12.8. The van der Waals surface area contributed by atoms with Gasteiger partial charge in [0.1, 0.15) is 0 Å². The first-order valence-electron chi connectivity index (χ1n) is 7.05. The summed E-state index contributed by atoms with van der Waals surface area (Å²) >= 11 is 0. The number of halogens is 1. The third-order valence-corrected chi connectivity index (χ3v) is 5.12. The van der Waals surface area contributed by atoms with Crippen LogP contribution >= 0.6 is 12.4 Å². The number of likely N-dealkylation sites (tertiary alicyclic amines) is 1.